The van der Waals surface area contributed by atoms with Gasteiger partial charge in [-0.15, -0.1) is 0 Å². The van der Waals surface area contributed by atoms with Crippen molar-refractivity contribution in [3.63, 3.8) is 0 Å². The van der Waals surface area contributed by atoms with Crippen LogP contribution in [0, 0.1) is 5.92 Å². The molecule has 0 saturated carbocycles. The molecule has 7 heteroatoms. The third-order valence-corrected chi connectivity index (χ3v) is 4.46. The Bertz CT molecular complexity index is 989. The minimum absolute atomic E-state index is 0.223. The van der Waals surface area contributed by atoms with Gasteiger partial charge in [-0.2, -0.15) is 18.3 Å². The van der Waals surface area contributed by atoms with Gasteiger partial charge in [0.2, 0.25) is 0 Å². The highest BCUT2D eigenvalue weighted by molar-refractivity contribution is 6.03. The average Bonchev–Trinajstić information content (AvgIpc) is 3.00. The SMILES string of the molecule is COC(=O)c1nn(CC(C)C)c2cccc(Cc3ccc(C(F)(F)F)cc3)c12. The molecule has 1 heterocycles. The number of rotatable bonds is 5. The third kappa shape index (κ3) is 4.03. The predicted molar refractivity (Wildman–Crippen MR) is 100 cm³/mol. The zero-order valence-electron chi connectivity index (χ0n) is 15.9. The number of esters is 1. The summed E-state index contributed by atoms with van der Waals surface area (Å²) >= 11 is 0. The lowest BCUT2D eigenvalue weighted by atomic mass is 9.99. The second kappa shape index (κ2) is 7.66. The van der Waals surface area contributed by atoms with Crippen LogP contribution in [0.25, 0.3) is 10.9 Å². The van der Waals surface area contributed by atoms with Crippen LogP contribution in [0.15, 0.2) is 42.5 Å². The normalized spacial score (nSPS) is 12.0. The Labute approximate surface area is 160 Å². The highest BCUT2D eigenvalue weighted by atomic mass is 19.4. The Hall–Kier alpha value is -2.83. The highest BCUT2D eigenvalue weighted by Gasteiger charge is 2.30. The number of benzene rings is 2. The first-order chi connectivity index (χ1) is 13.2. The minimum Gasteiger partial charge on any atom is -0.464 e. The van der Waals surface area contributed by atoms with E-state index in [1.807, 2.05) is 18.2 Å². The quantitative estimate of drug-likeness (QED) is 0.570. The van der Waals surface area contributed by atoms with E-state index in [1.54, 1.807) is 4.68 Å². The van der Waals surface area contributed by atoms with Crippen LogP contribution in [0.3, 0.4) is 0 Å². The van der Waals surface area contributed by atoms with Gasteiger partial charge >= 0.3 is 12.1 Å². The molecule has 0 aliphatic heterocycles. The van der Waals surface area contributed by atoms with Crippen molar-refractivity contribution in [2.45, 2.75) is 33.0 Å². The molecule has 0 aliphatic carbocycles. The molecule has 0 aliphatic rings. The molecule has 0 saturated heterocycles. The van der Waals surface area contributed by atoms with Crippen LogP contribution < -0.4 is 0 Å². The average molecular weight is 390 g/mol. The topological polar surface area (TPSA) is 44.1 Å². The van der Waals surface area contributed by atoms with Crippen LogP contribution in [0.4, 0.5) is 13.2 Å². The number of hydrogen-bond donors (Lipinski definition) is 0. The fourth-order valence-corrected chi connectivity index (χ4v) is 3.20. The van der Waals surface area contributed by atoms with E-state index in [2.05, 4.69) is 18.9 Å². The van der Waals surface area contributed by atoms with Gasteiger partial charge in [0.25, 0.3) is 0 Å². The maximum absolute atomic E-state index is 12.8. The summed E-state index contributed by atoms with van der Waals surface area (Å²) in [5.41, 5.74) is 1.87. The number of nitrogens with zero attached hydrogens (tertiary/aromatic N) is 2. The first kappa shape index (κ1) is 19.9. The van der Waals surface area contributed by atoms with Gasteiger partial charge in [-0.05, 0) is 41.7 Å². The maximum Gasteiger partial charge on any atom is 0.416 e. The van der Waals surface area contributed by atoms with Gasteiger partial charge in [-0.3, -0.25) is 4.68 Å². The third-order valence-electron chi connectivity index (χ3n) is 4.46. The molecule has 4 nitrogen and oxygen atoms in total. The molecule has 0 atom stereocenters. The van der Waals surface area contributed by atoms with Gasteiger partial charge in [0.05, 0.1) is 18.2 Å². The molecular weight excluding hydrogens is 369 g/mol. The molecule has 1 aromatic heterocycles. The Balaban J connectivity index is 2.06. The number of carbonyl (C=O) groups is 1. The van der Waals surface area contributed by atoms with E-state index in [9.17, 15) is 18.0 Å². The lowest BCUT2D eigenvalue weighted by Gasteiger charge is -2.09. The molecule has 2 aromatic carbocycles. The highest BCUT2D eigenvalue weighted by Crippen LogP contribution is 2.30. The lowest BCUT2D eigenvalue weighted by molar-refractivity contribution is -0.137. The summed E-state index contributed by atoms with van der Waals surface area (Å²) in [6.07, 6.45) is -3.98. The summed E-state index contributed by atoms with van der Waals surface area (Å²) in [7, 11) is 1.30. The van der Waals surface area contributed by atoms with Crippen molar-refractivity contribution in [2.24, 2.45) is 5.92 Å². The van der Waals surface area contributed by atoms with E-state index in [0.29, 0.717) is 29.8 Å². The Morgan fingerprint density at radius 1 is 1.14 bits per heavy atom. The van der Waals surface area contributed by atoms with Crippen LogP contribution >= 0.6 is 0 Å². The van der Waals surface area contributed by atoms with Gasteiger partial charge in [0.15, 0.2) is 5.69 Å². The van der Waals surface area contributed by atoms with Crippen molar-refractivity contribution in [1.82, 2.24) is 9.78 Å². The van der Waals surface area contributed by atoms with E-state index >= 15 is 0 Å². The summed E-state index contributed by atoms with van der Waals surface area (Å²) in [6.45, 7) is 4.74. The number of fused-ring (bicyclic) bond motifs is 1. The molecule has 3 aromatic rings. The minimum atomic E-state index is -4.37. The summed E-state index contributed by atoms with van der Waals surface area (Å²) in [6, 6.07) is 10.6. The van der Waals surface area contributed by atoms with E-state index in [1.165, 1.54) is 19.2 Å². The number of carbonyl (C=O) groups excluding carboxylic acids is 1. The van der Waals surface area contributed by atoms with Gasteiger partial charge in [0.1, 0.15) is 0 Å². The zero-order valence-corrected chi connectivity index (χ0v) is 15.9. The van der Waals surface area contributed by atoms with E-state index in [-0.39, 0.29) is 5.69 Å². The fourth-order valence-electron chi connectivity index (χ4n) is 3.20. The lowest BCUT2D eigenvalue weighted by Crippen LogP contribution is -2.08. The molecule has 0 unspecified atom stereocenters. The molecule has 0 N–H and O–H groups in total. The zero-order chi connectivity index (χ0) is 20.5. The van der Waals surface area contributed by atoms with Gasteiger partial charge < -0.3 is 4.74 Å². The van der Waals surface area contributed by atoms with Crippen LogP contribution in [-0.4, -0.2) is 22.9 Å². The van der Waals surface area contributed by atoms with Crippen LogP contribution in [0.5, 0.6) is 0 Å². The molecule has 0 bridgehead atoms. The van der Waals surface area contributed by atoms with Crippen LogP contribution in [0.2, 0.25) is 0 Å². The first-order valence-electron chi connectivity index (χ1n) is 8.93. The van der Waals surface area contributed by atoms with Crippen molar-refractivity contribution in [3.05, 3.63) is 64.8 Å². The van der Waals surface area contributed by atoms with Gasteiger partial charge in [-0.25, -0.2) is 4.79 Å². The molecule has 28 heavy (non-hydrogen) atoms. The maximum atomic E-state index is 12.8. The number of alkyl halides is 3. The number of ether oxygens (including phenoxy) is 1. The van der Waals surface area contributed by atoms with E-state index in [0.717, 1.165) is 23.2 Å². The number of methoxy groups -OCH3 is 1. The molecule has 0 spiro atoms. The Morgan fingerprint density at radius 2 is 1.82 bits per heavy atom. The fraction of sp³-hybridized carbons (Fsp3) is 0.333. The Morgan fingerprint density at radius 3 is 2.39 bits per heavy atom. The van der Waals surface area contributed by atoms with E-state index in [4.69, 9.17) is 4.74 Å². The number of aromatic nitrogens is 2. The van der Waals surface area contributed by atoms with Crippen molar-refractivity contribution < 1.29 is 22.7 Å². The summed E-state index contributed by atoms with van der Waals surface area (Å²) < 4.78 is 45.0. The molecule has 0 amide bonds. The van der Waals surface area contributed by atoms with Crippen LogP contribution in [0.1, 0.15) is 41.0 Å². The van der Waals surface area contributed by atoms with Crippen molar-refractivity contribution >= 4 is 16.9 Å². The summed E-state index contributed by atoms with van der Waals surface area (Å²) in [5.74, 6) is -0.209. The summed E-state index contributed by atoms with van der Waals surface area (Å²) in [5, 5.41) is 5.12. The monoisotopic (exact) mass is 390 g/mol. The largest absolute Gasteiger partial charge is 0.464 e. The predicted octanol–water partition coefficient (Wildman–Crippen LogP) is 5.09. The van der Waals surface area contributed by atoms with E-state index < -0.39 is 17.7 Å². The Kier molecular flexibility index (Phi) is 5.45. The van der Waals surface area contributed by atoms with Crippen LogP contribution in [-0.2, 0) is 23.9 Å². The number of hydrogen-bond acceptors (Lipinski definition) is 3. The molecule has 148 valence electrons. The van der Waals surface area contributed by atoms with Gasteiger partial charge in [-0.1, -0.05) is 38.1 Å². The molecular formula is C21H21F3N2O2. The van der Waals surface area contributed by atoms with Gasteiger partial charge in [0, 0.05) is 11.9 Å². The van der Waals surface area contributed by atoms with Crippen molar-refractivity contribution in [2.75, 3.05) is 7.11 Å². The number of halogens is 3. The molecule has 0 fully saturated rings. The molecule has 0 radical (unpaired) electrons. The standard InChI is InChI=1S/C21H21F3N2O2/c1-13(2)12-26-17-6-4-5-15(18(17)19(25-26)20(27)28-3)11-14-7-9-16(10-8-14)21(22,23)24/h4-10,13H,11-12H2,1-3H3. The van der Waals surface area contributed by atoms with Crippen molar-refractivity contribution in [1.29, 1.82) is 0 Å². The smallest absolute Gasteiger partial charge is 0.416 e. The van der Waals surface area contributed by atoms with Crippen molar-refractivity contribution in [3.8, 4) is 0 Å². The molecule has 3 rings (SSSR count). The summed E-state index contributed by atoms with van der Waals surface area (Å²) in [4.78, 5) is 12.3. The second-order valence-electron chi connectivity index (χ2n) is 7.10. The second-order valence-corrected chi connectivity index (χ2v) is 7.10. The first-order valence-corrected chi connectivity index (χ1v) is 8.93.